The molecule has 0 bridgehead atoms. The van der Waals surface area contributed by atoms with Gasteiger partial charge in [-0.2, -0.15) is 0 Å². The van der Waals surface area contributed by atoms with E-state index >= 15 is 0 Å². The van der Waals surface area contributed by atoms with E-state index in [-0.39, 0.29) is 11.3 Å². The Morgan fingerprint density at radius 2 is 1.59 bits per heavy atom. The van der Waals surface area contributed by atoms with E-state index < -0.39 is 21.0 Å². The van der Waals surface area contributed by atoms with Crippen molar-refractivity contribution in [1.29, 1.82) is 0 Å². The van der Waals surface area contributed by atoms with E-state index in [1.54, 1.807) is 0 Å². The van der Waals surface area contributed by atoms with Crippen molar-refractivity contribution in [2.75, 3.05) is 0 Å². The maximum Gasteiger partial charge on any atom is 0.343 e. The van der Waals surface area contributed by atoms with Gasteiger partial charge in [-0.15, -0.1) is 0 Å². The van der Waals surface area contributed by atoms with Crippen LogP contribution in [0.3, 0.4) is 0 Å². The van der Waals surface area contributed by atoms with Crippen molar-refractivity contribution >= 4 is 61.3 Å². The van der Waals surface area contributed by atoms with Gasteiger partial charge in [0.25, 0.3) is 0 Å². The number of phenols is 1. The molecule has 2 aromatic carbocycles. The third-order valence-corrected chi connectivity index (χ3v) is 5.01. The number of ether oxygens (including phenoxy) is 1. The minimum atomic E-state index is -4.55. The number of hydrogen-bond acceptors (Lipinski definition) is 6. The van der Waals surface area contributed by atoms with Crippen LogP contribution in [0.15, 0.2) is 41.3 Å². The first kappa shape index (κ1) is 17.4. The highest BCUT2D eigenvalue weighted by molar-refractivity contribution is 14.1. The number of halogens is 2. The van der Waals surface area contributed by atoms with Gasteiger partial charge >= 0.3 is 5.97 Å². The molecule has 0 saturated heterocycles. The molecular formula is C13H7I2O6S-. The van der Waals surface area contributed by atoms with Crippen molar-refractivity contribution in [1.82, 2.24) is 0 Å². The van der Waals surface area contributed by atoms with E-state index in [9.17, 15) is 22.9 Å². The zero-order chi connectivity index (χ0) is 16.5. The highest BCUT2D eigenvalue weighted by Gasteiger charge is 2.15. The normalized spacial score (nSPS) is 11.2. The van der Waals surface area contributed by atoms with Crippen molar-refractivity contribution in [3.05, 3.63) is 49.1 Å². The zero-order valence-electron chi connectivity index (χ0n) is 10.6. The maximum atomic E-state index is 12.0. The van der Waals surface area contributed by atoms with Gasteiger partial charge in [-0.1, -0.05) is 0 Å². The summed E-state index contributed by atoms with van der Waals surface area (Å²) in [5, 5.41) is 9.44. The lowest BCUT2D eigenvalue weighted by Gasteiger charge is -2.10. The van der Waals surface area contributed by atoms with E-state index in [1.165, 1.54) is 24.3 Å². The third kappa shape index (κ3) is 4.08. The largest absolute Gasteiger partial charge is 0.744 e. The molecule has 0 saturated carbocycles. The molecule has 2 aromatic rings. The molecule has 0 aromatic heterocycles. The van der Waals surface area contributed by atoms with Crippen molar-refractivity contribution in [3.63, 3.8) is 0 Å². The molecule has 0 fully saturated rings. The van der Waals surface area contributed by atoms with Crippen LogP contribution in [0.1, 0.15) is 10.4 Å². The summed E-state index contributed by atoms with van der Waals surface area (Å²) >= 11 is 3.84. The van der Waals surface area contributed by atoms with E-state index in [4.69, 9.17) is 4.74 Å². The first-order chi connectivity index (χ1) is 10.2. The first-order valence-corrected chi connectivity index (χ1v) is 9.21. The number of benzene rings is 2. The van der Waals surface area contributed by atoms with Crippen molar-refractivity contribution in [3.8, 4) is 11.5 Å². The number of hydrogen-bond donors (Lipinski definition) is 1. The number of phenolic OH excluding ortho intramolecular Hbond substituents is 1. The van der Waals surface area contributed by atoms with Crippen LogP contribution in [0.2, 0.25) is 0 Å². The second kappa shape index (κ2) is 6.68. The summed E-state index contributed by atoms with van der Waals surface area (Å²) in [6.07, 6.45) is 0. The smallest absolute Gasteiger partial charge is 0.343 e. The Labute approximate surface area is 153 Å². The highest BCUT2D eigenvalue weighted by atomic mass is 127. The molecule has 116 valence electrons. The third-order valence-electron chi connectivity index (χ3n) is 2.56. The monoisotopic (exact) mass is 545 g/mol. The molecule has 0 aliphatic heterocycles. The summed E-state index contributed by atoms with van der Waals surface area (Å²) in [5.74, 6) is -0.348. The summed E-state index contributed by atoms with van der Waals surface area (Å²) in [7, 11) is -4.55. The molecule has 2 rings (SSSR count). The molecule has 22 heavy (non-hydrogen) atoms. The van der Waals surface area contributed by atoms with Crippen LogP contribution >= 0.6 is 45.2 Å². The standard InChI is InChI=1S/C13H8I2O6S/c14-10-5-8(16)6-11(15)12(10)21-13(17)7-1-3-9(4-2-7)22(18,19)20/h1-6,16H,(H,18,19,20)/p-1. The second-order valence-electron chi connectivity index (χ2n) is 4.11. The highest BCUT2D eigenvalue weighted by Crippen LogP contribution is 2.32. The fourth-order valence-electron chi connectivity index (χ4n) is 1.55. The summed E-state index contributed by atoms with van der Waals surface area (Å²) in [6, 6.07) is 7.38. The molecule has 0 atom stereocenters. The quantitative estimate of drug-likeness (QED) is 0.276. The fraction of sp³-hybridized carbons (Fsp3) is 0. The van der Waals surface area contributed by atoms with Gasteiger partial charge in [-0.25, -0.2) is 13.2 Å². The molecule has 0 heterocycles. The molecule has 0 amide bonds. The average Bonchev–Trinajstić information content (AvgIpc) is 2.41. The molecule has 6 nitrogen and oxygen atoms in total. The van der Waals surface area contributed by atoms with Crippen molar-refractivity contribution in [2.24, 2.45) is 0 Å². The first-order valence-electron chi connectivity index (χ1n) is 5.64. The van der Waals surface area contributed by atoms with Crippen LogP contribution in [0.5, 0.6) is 11.5 Å². The van der Waals surface area contributed by atoms with Gasteiger partial charge in [0.2, 0.25) is 0 Å². The van der Waals surface area contributed by atoms with Crippen LogP contribution in [-0.2, 0) is 10.1 Å². The Hall–Kier alpha value is -0.920. The average molecular weight is 545 g/mol. The summed E-state index contributed by atoms with van der Waals surface area (Å²) < 4.78 is 38.8. The van der Waals surface area contributed by atoms with Gasteiger partial charge in [-0.3, -0.25) is 0 Å². The molecular weight excluding hydrogens is 538 g/mol. The Balaban J connectivity index is 2.27. The van der Waals surface area contributed by atoms with E-state index in [2.05, 4.69) is 0 Å². The Bertz CT molecular complexity index is 807. The van der Waals surface area contributed by atoms with Gasteiger partial charge < -0.3 is 14.4 Å². The predicted molar refractivity (Wildman–Crippen MR) is 92.9 cm³/mol. The molecule has 0 unspecified atom stereocenters. The SMILES string of the molecule is O=C(Oc1c(I)cc(O)cc1I)c1ccc(S(=O)(=O)[O-])cc1. The molecule has 1 N–H and O–H groups in total. The van der Waals surface area contributed by atoms with Crippen molar-refractivity contribution in [2.45, 2.75) is 4.90 Å². The topological polar surface area (TPSA) is 104 Å². The van der Waals surface area contributed by atoms with Crippen LogP contribution in [0, 0.1) is 7.14 Å². The predicted octanol–water partition coefficient (Wildman–Crippen LogP) is 2.72. The van der Waals surface area contributed by atoms with Gasteiger partial charge in [0.1, 0.15) is 15.9 Å². The molecule has 0 aliphatic rings. The number of esters is 1. The van der Waals surface area contributed by atoms with Gasteiger partial charge in [-0.05, 0) is 81.6 Å². The van der Waals surface area contributed by atoms with Gasteiger partial charge in [0, 0.05) is 0 Å². The lowest BCUT2D eigenvalue weighted by Crippen LogP contribution is -2.10. The number of carbonyl (C=O) groups excluding carboxylic acids is 1. The lowest BCUT2D eigenvalue weighted by molar-refractivity contribution is 0.0731. The van der Waals surface area contributed by atoms with E-state index in [1.807, 2.05) is 45.2 Å². The van der Waals surface area contributed by atoms with E-state index in [0.717, 1.165) is 12.1 Å². The minimum absolute atomic E-state index is 0.0543. The molecule has 9 heteroatoms. The maximum absolute atomic E-state index is 12.0. The fourth-order valence-corrected chi connectivity index (χ4v) is 3.98. The number of carbonyl (C=O) groups is 1. The zero-order valence-corrected chi connectivity index (χ0v) is 15.7. The lowest BCUT2D eigenvalue weighted by atomic mass is 10.2. The summed E-state index contributed by atoms with van der Waals surface area (Å²) in [6.45, 7) is 0. The molecule has 0 aliphatic carbocycles. The van der Waals surface area contributed by atoms with Crippen LogP contribution in [-0.4, -0.2) is 24.0 Å². The molecule has 0 radical (unpaired) electrons. The summed E-state index contributed by atoms with van der Waals surface area (Å²) in [5.41, 5.74) is 0.104. The van der Waals surface area contributed by atoms with Crippen LogP contribution in [0.4, 0.5) is 0 Å². The Kier molecular flexibility index (Phi) is 5.29. The second-order valence-corrected chi connectivity index (χ2v) is 7.81. The molecule has 0 spiro atoms. The summed E-state index contributed by atoms with van der Waals surface area (Å²) in [4.78, 5) is 11.6. The van der Waals surface area contributed by atoms with E-state index in [0.29, 0.717) is 12.9 Å². The Morgan fingerprint density at radius 1 is 1.09 bits per heavy atom. The Morgan fingerprint density at radius 3 is 2.05 bits per heavy atom. The minimum Gasteiger partial charge on any atom is -0.744 e. The van der Waals surface area contributed by atoms with Gasteiger partial charge in [0.05, 0.1) is 17.6 Å². The van der Waals surface area contributed by atoms with Gasteiger partial charge in [0.15, 0.2) is 5.75 Å². The van der Waals surface area contributed by atoms with Crippen molar-refractivity contribution < 1.29 is 27.6 Å². The number of aromatic hydroxyl groups is 1. The van der Waals surface area contributed by atoms with Crippen LogP contribution in [0.25, 0.3) is 0 Å². The number of rotatable bonds is 3. The van der Waals surface area contributed by atoms with Crippen LogP contribution < -0.4 is 4.74 Å².